The molecule has 0 radical (unpaired) electrons. The standard InChI is InChI=1S/C22H28N4OS/c1-16(17-8-12-20(13-9-17)26-14-4-5-15-26)23-22(28)24-19-10-6-18(7-11-19)21(27)25(2)3/h6-13,16H,4-5,14-15H2,1-3H3,(H2,23,24,28)/t16-/m0/s1. The van der Waals surface area contributed by atoms with Crippen molar-refractivity contribution in [1.29, 1.82) is 0 Å². The van der Waals surface area contributed by atoms with Crippen LogP contribution in [0.5, 0.6) is 0 Å². The molecule has 2 N–H and O–H groups in total. The van der Waals surface area contributed by atoms with Gasteiger partial charge in [-0.15, -0.1) is 0 Å². The normalized spacial score (nSPS) is 14.5. The van der Waals surface area contributed by atoms with Gasteiger partial charge in [-0.3, -0.25) is 4.79 Å². The van der Waals surface area contributed by atoms with Gasteiger partial charge in [-0.2, -0.15) is 0 Å². The summed E-state index contributed by atoms with van der Waals surface area (Å²) in [7, 11) is 3.49. The van der Waals surface area contributed by atoms with Crippen LogP contribution in [0.2, 0.25) is 0 Å². The first-order valence-corrected chi connectivity index (χ1v) is 10.1. The van der Waals surface area contributed by atoms with Gasteiger partial charge in [0.2, 0.25) is 0 Å². The van der Waals surface area contributed by atoms with Crippen LogP contribution in [0.3, 0.4) is 0 Å². The SMILES string of the molecule is C[C@H](NC(=S)Nc1ccc(C(=O)N(C)C)cc1)c1ccc(N2CCCC2)cc1. The second kappa shape index (κ2) is 9.06. The highest BCUT2D eigenvalue weighted by Gasteiger charge is 2.13. The van der Waals surface area contributed by atoms with Gasteiger partial charge in [0.1, 0.15) is 0 Å². The van der Waals surface area contributed by atoms with Crippen LogP contribution in [-0.2, 0) is 0 Å². The highest BCUT2D eigenvalue weighted by Crippen LogP contribution is 2.22. The topological polar surface area (TPSA) is 47.6 Å². The van der Waals surface area contributed by atoms with Gasteiger partial charge in [0.05, 0.1) is 6.04 Å². The van der Waals surface area contributed by atoms with Gasteiger partial charge in [-0.1, -0.05) is 12.1 Å². The van der Waals surface area contributed by atoms with E-state index < -0.39 is 0 Å². The number of nitrogens with one attached hydrogen (secondary N) is 2. The minimum absolute atomic E-state index is 0.0155. The second-order valence-corrected chi connectivity index (χ2v) is 7.79. The predicted octanol–water partition coefficient (Wildman–Crippen LogP) is 4.04. The van der Waals surface area contributed by atoms with Crippen molar-refractivity contribution in [3.05, 3.63) is 59.7 Å². The van der Waals surface area contributed by atoms with Crippen molar-refractivity contribution in [2.24, 2.45) is 0 Å². The van der Waals surface area contributed by atoms with Crippen LogP contribution in [0, 0.1) is 0 Å². The molecule has 1 fully saturated rings. The maximum Gasteiger partial charge on any atom is 0.253 e. The zero-order valence-electron chi connectivity index (χ0n) is 16.7. The van der Waals surface area contributed by atoms with Gasteiger partial charge in [0.25, 0.3) is 5.91 Å². The zero-order chi connectivity index (χ0) is 20.1. The van der Waals surface area contributed by atoms with E-state index >= 15 is 0 Å². The number of rotatable bonds is 5. The third-order valence-electron chi connectivity index (χ3n) is 5.01. The highest BCUT2D eigenvalue weighted by atomic mass is 32.1. The van der Waals surface area contributed by atoms with E-state index in [0.717, 1.165) is 18.8 Å². The Kier molecular flexibility index (Phi) is 6.52. The van der Waals surface area contributed by atoms with Crippen LogP contribution in [-0.4, -0.2) is 43.1 Å². The average molecular weight is 397 g/mol. The van der Waals surface area contributed by atoms with Crippen molar-refractivity contribution in [2.45, 2.75) is 25.8 Å². The van der Waals surface area contributed by atoms with Crippen LogP contribution >= 0.6 is 12.2 Å². The number of amides is 1. The van der Waals surface area contributed by atoms with Crippen molar-refractivity contribution < 1.29 is 4.79 Å². The summed E-state index contributed by atoms with van der Waals surface area (Å²) in [6.07, 6.45) is 2.56. The summed E-state index contributed by atoms with van der Waals surface area (Å²) >= 11 is 5.45. The summed E-state index contributed by atoms with van der Waals surface area (Å²) in [6, 6.07) is 16.1. The molecule has 2 aromatic rings. The quantitative estimate of drug-likeness (QED) is 0.747. The first kappa shape index (κ1) is 20.1. The first-order chi connectivity index (χ1) is 13.4. The smallest absolute Gasteiger partial charge is 0.253 e. The number of hydrogen-bond acceptors (Lipinski definition) is 3. The van der Waals surface area contributed by atoms with Crippen LogP contribution in [0.15, 0.2) is 48.5 Å². The average Bonchev–Trinajstić information content (AvgIpc) is 3.22. The molecule has 1 heterocycles. The van der Waals surface area contributed by atoms with Gasteiger partial charge in [0, 0.05) is 44.1 Å². The molecule has 0 aromatic heterocycles. The minimum Gasteiger partial charge on any atom is -0.372 e. The van der Waals surface area contributed by atoms with Crippen LogP contribution in [0.25, 0.3) is 0 Å². The maximum atomic E-state index is 12.0. The number of hydrogen-bond donors (Lipinski definition) is 2. The van der Waals surface area contributed by atoms with Crippen molar-refractivity contribution in [3.63, 3.8) is 0 Å². The van der Waals surface area contributed by atoms with E-state index in [2.05, 4.69) is 46.7 Å². The maximum absolute atomic E-state index is 12.0. The minimum atomic E-state index is -0.0155. The Balaban J connectivity index is 1.54. The fourth-order valence-electron chi connectivity index (χ4n) is 3.35. The van der Waals surface area contributed by atoms with Crippen molar-refractivity contribution >= 4 is 34.6 Å². The van der Waals surface area contributed by atoms with Crippen LogP contribution < -0.4 is 15.5 Å². The molecular weight excluding hydrogens is 368 g/mol. The van der Waals surface area contributed by atoms with Crippen LogP contribution in [0.1, 0.15) is 41.7 Å². The molecule has 1 aliphatic rings. The van der Waals surface area contributed by atoms with Gasteiger partial charge in [-0.05, 0) is 73.9 Å². The number of anilines is 2. The zero-order valence-corrected chi connectivity index (χ0v) is 17.6. The lowest BCUT2D eigenvalue weighted by Gasteiger charge is -2.20. The monoisotopic (exact) mass is 396 g/mol. The van der Waals surface area contributed by atoms with E-state index in [-0.39, 0.29) is 11.9 Å². The van der Waals surface area contributed by atoms with E-state index in [9.17, 15) is 4.79 Å². The van der Waals surface area contributed by atoms with Crippen LogP contribution in [0.4, 0.5) is 11.4 Å². The third-order valence-corrected chi connectivity index (χ3v) is 5.23. The van der Waals surface area contributed by atoms with E-state index in [0.29, 0.717) is 10.7 Å². The van der Waals surface area contributed by atoms with Crippen molar-refractivity contribution in [1.82, 2.24) is 10.2 Å². The first-order valence-electron chi connectivity index (χ1n) is 9.68. The van der Waals surface area contributed by atoms with Gasteiger partial charge < -0.3 is 20.4 Å². The predicted molar refractivity (Wildman–Crippen MR) is 120 cm³/mol. The third kappa shape index (κ3) is 5.01. The van der Waals surface area contributed by atoms with Gasteiger partial charge in [0.15, 0.2) is 5.11 Å². The molecule has 0 unspecified atom stereocenters. The molecule has 5 nitrogen and oxygen atoms in total. The van der Waals surface area contributed by atoms with Crippen molar-refractivity contribution in [2.75, 3.05) is 37.4 Å². The highest BCUT2D eigenvalue weighted by molar-refractivity contribution is 7.80. The molecule has 28 heavy (non-hydrogen) atoms. The molecular formula is C22H28N4OS. The number of benzene rings is 2. The Hall–Kier alpha value is -2.60. The number of nitrogens with zero attached hydrogens (tertiary/aromatic N) is 2. The molecule has 6 heteroatoms. The Bertz CT molecular complexity index is 811. The lowest BCUT2D eigenvalue weighted by molar-refractivity contribution is 0.0827. The summed E-state index contributed by atoms with van der Waals surface area (Å²) < 4.78 is 0. The molecule has 0 aliphatic carbocycles. The Morgan fingerprint density at radius 1 is 1.04 bits per heavy atom. The fourth-order valence-corrected chi connectivity index (χ4v) is 3.65. The number of carbonyl (C=O) groups excluding carboxylic acids is 1. The van der Waals surface area contributed by atoms with Crippen molar-refractivity contribution in [3.8, 4) is 0 Å². The molecule has 2 aromatic carbocycles. The fraction of sp³-hybridized carbons (Fsp3) is 0.364. The largest absolute Gasteiger partial charge is 0.372 e. The number of thiocarbonyl (C=S) groups is 1. The lowest BCUT2D eigenvalue weighted by atomic mass is 10.1. The summed E-state index contributed by atoms with van der Waals surface area (Å²) in [5.74, 6) is -0.0155. The van der Waals surface area contributed by atoms with E-state index in [1.165, 1.54) is 24.1 Å². The van der Waals surface area contributed by atoms with E-state index in [4.69, 9.17) is 12.2 Å². The summed E-state index contributed by atoms with van der Waals surface area (Å²) in [4.78, 5) is 15.9. The molecule has 148 valence electrons. The molecule has 1 aliphatic heterocycles. The second-order valence-electron chi connectivity index (χ2n) is 7.38. The Morgan fingerprint density at radius 3 is 2.21 bits per heavy atom. The summed E-state index contributed by atoms with van der Waals surface area (Å²) in [6.45, 7) is 4.40. The van der Waals surface area contributed by atoms with E-state index in [1.807, 2.05) is 12.1 Å². The van der Waals surface area contributed by atoms with E-state index in [1.54, 1.807) is 31.1 Å². The molecule has 0 bridgehead atoms. The van der Waals surface area contributed by atoms with Gasteiger partial charge in [-0.25, -0.2) is 0 Å². The Labute approximate surface area is 172 Å². The summed E-state index contributed by atoms with van der Waals surface area (Å²) in [5.41, 5.74) is 3.99. The molecule has 0 saturated carbocycles. The molecule has 1 atom stereocenters. The molecule has 1 amide bonds. The molecule has 0 spiro atoms. The van der Waals surface area contributed by atoms with Gasteiger partial charge >= 0.3 is 0 Å². The summed E-state index contributed by atoms with van der Waals surface area (Å²) in [5, 5.41) is 7.06. The lowest BCUT2D eigenvalue weighted by Crippen LogP contribution is -2.31. The molecule has 1 saturated heterocycles. The Morgan fingerprint density at radius 2 is 1.64 bits per heavy atom. The number of carbonyl (C=O) groups is 1. The molecule has 3 rings (SSSR count).